The standard InChI is InChI=1S/C14H22ClN3O2/c1-4-5-6-7-14(2,3)10-17-13-12(15)8-11(9-16-13)18(19)20/h8-9H,4-7,10H2,1-3H3,(H,16,17). The minimum absolute atomic E-state index is 0.0947. The zero-order chi connectivity index (χ0) is 15.2. The van der Waals surface area contributed by atoms with E-state index in [1.807, 2.05) is 0 Å². The zero-order valence-electron chi connectivity index (χ0n) is 12.3. The minimum atomic E-state index is -0.503. The predicted octanol–water partition coefficient (Wildman–Crippen LogP) is 4.66. The number of unbranched alkanes of at least 4 members (excludes halogenated alkanes) is 2. The van der Waals surface area contributed by atoms with E-state index in [1.165, 1.54) is 31.5 Å². The smallest absolute Gasteiger partial charge is 0.289 e. The summed E-state index contributed by atoms with van der Waals surface area (Å²) >= 11 is 6.00. The fourth-order valence-corrected chi connectivity index (χ4v) is 2.15. The van der Waals surface area contributed by atoms with Gasteiger partial charge in [0.25, 0.3) is 5.69 Å². The van der Waals surface area contributed by atoms with Gasteiger partial charge in [-0.25, -0.2) is 4.98 Å². The Kier molecular flexibility index (Phi) is 6.20. The Bertz CT molecular complexity index is 464. The summed E-state index contributed by atoms with van der Waals surface area (Å²) in [5.74, 6) is 0.501. The molecule has 0 saturated heterocycles. The highest BCUT2D eigenvalue weighted by atomic mass is 35.5. The molecular formula is C14H22ClN3O2. The largest absolute Gasteiger partial charge is 0.368 e. The Morgan fingerprint density at radius 3 is 2.70 bits per heavy atom. The van der Waals surface area contributed by atoms with Crippen LogP contribution >= 0.6 is 11.6 Å². The third-order valence-electron chi connectivity index (χ3n) is 3.23. The second kappa shape index (κ2) is 7.43. The summed E-state index contributed by atoms with van der Waals surface area (Å²) in [7, 11) is 0. The first-order valence-electron chi connectivity index (χ1n) is 6.89. The molecule has 0 unspecified atom stereocenters. The number of nitrogens with zero attached hydrogens (tertiary/aromatic N) is 2. The van der Waals surface area contributed by atoms with Gasteiger partial charge in [0, 0.05) is 12.6 Å². The molecule has 112 valence electrons. The first-order chi connectivity index (χ1) is 9.35. The molecule has 6 heteroatoms. The number of aromatic nitrogens is 1. The Morgan fingerprint density at radius 2 is 2.15 bits per heavy atom. The molecule has 0 aliphatic rings. The van der Waals surface area contributed by atoms with Crippen molar-refractivity contribution in [2.75, 3.05) is 11.9 Å². The fraction of sp³-hybridized carbons (Fsp3) is 0.643. The van der Waals surface area contributed by atoms with Gasteiger partial charge in [0.2, 0.25) is 0 Å². The number of pyridine rings is 1. The molecule has 0 aliphatic heterocycles. The molecule has 0 spiro atoms. The maximum absolute atomic E-state index is 10.6. The summed E-state index contributed by atoms with van der Waals surface area (Å²) in [6.45, 7) is 7.30. The van der Waals surface area contributed by atoms with Crippen molar-refractivity contribution >= 4 is 23.1 Å². The van der Waals surface area contributed by atoms with E-state index in [4.69, 9.17) is 11.6 Å². The Morgan fingerprint density at radius 1 is 1.45 bits per heavy atom. The SMILES string of the molecule is CCCCCC(C)(C)CNc1ncc([N+](=O)[O-])cc1Cl. The number of anilines is 1. The van der Waals surface area contributed by atoms with E-state index in [0.717, 1.165) is 13.0 Å². The third-order valence-corrected chi connectivity index (χ3v) is 3.52. The molecule has 20 heavy (non-hydrogen) atoms. The van der Waals surface area contributed by atoms with Gasteiger partial charge in [-0.05, 0) is 11.8 Å². The molecule has 1 aromatic heterocycles. The summed E-state index contributed by atoms with van der Waals surface area (Å²) in [5, 5.41) is 14.1. The molecule has 0 saturated carbocycles. The third kappa shape index (κ3) is 5.33. The van der Waals surface area contributed by atoms with Gasteiger partial charge < -0.3 is 5.32 Å². The normalized spacial score (nSPS) is 11.4. The number of nitrogens with one attached hydrogen (secondary N) is 1. The van der Waals surface area contributed by atoms with Gasteiger partial charge in [-0.1, -0.05) is 51.6 Å². The van der Waals surface area contributed by atoms with Crippen LogP contribution in [0.1, 0.15) is 46.5 Å². The van der Waals surface area contributed by atoms with Crippen LogP contribution in [0.3, 0.4) is 0 Å². The second-order valence-corrected chi connectivity index (χ2v) is 6.16. The molecule has 0 amide bonds. The van der Waals surface area contributed by atoms with Crippen molar-refractivity contribution in [3.8, 4) is 0 Å². The van der Waals surface area contributed by atoms with E-state index >= 15 is 0 Å². The average Bonchev–Trinajstić information content (AvgIpc) is 2.37. The van der Waals surface area contributed by atoms with Gasteiger partial charge in [-0.15, -0.1) is 0 Å². The van der Waals surface area contributed by atoms with Crippen molar-refractivity contribution in [2.24, 2.45) is 5.41 Å². The molecule has 0 aliphatic carbocycles. The molecule has 1 N–H and O–H groups in total. The van der Waals surface area contributed by atoms with Crippen molar-refractivity contribution in [3.05, 3.63) is 27.4 Å². The van der Waals surface area contributed by atoms with Crippen molar-refractivity contribution < 1.29 is 4.92 Å². The Labute approximate surface area is 124 Å². The van der Waals surface area contributed by atoms with Crippen molar-refractivity contribution in [3.63, 3.8) is 0 Å². The van der Waals surface area contributed by atoms with Crippen LogP contribution in [0.25, 0.3) is 0 Å². The van der Waals surface area contributed by atoms with Crippen LogP contribution < -0.4 is 5.32 Å². The molecule has 1 rings (SSSR count). The van der Waals surface area contributed by atoms with E-state index in [1.54, 1.807) is 0 Å². The lowest BCUT2D eigenvalue weighted by atomic mass is 9.87. The molecule has 0 bridgehead atoms. The van der Waals surface area contributed by atoms with Crippen molar-refractivity contribution in [2.45, 2.75) is 46.5 Å². The van der Waals surface area contributed by atoms with Crippen LogP contribution in [0.5, 0.6) is 0 Å². The van der Waals surface area contributed by atoms with E-state index in [9.17, 15) is 10.1 Å². The molecule has 1 aromatic rings. The minimum Gasteiger partial charge on any atom is -0.368 e. The highest BCUT2D eigenvalue weighted by Crippen LogP contribution is 2.27. The van der Waals surface area contributed by atoms with Gasteiger partial charge in [0.15, 0.2) is 0 Å². The summed E-state index contributed by atoms with van der Waals surface area (Å²) in [5.41, 5.74) is 0.0462. The van der Waals surface area contributed by atoms with Crippen LogP contribution in [0.15, 0.2) is 12.3 Å². The van der Waals surface area contributed by atoms with Crippen molar-refractivity contribution in [1.29, 1.82) is 0 Å². The monoisotopic (exact) mass is 299 g/mol. The lowest BCUT2D eigenvalue weighted by Gasteiger charge is -2.25. The Balaban J connectivity index is 2.58. The second-order valence-electron chi connectivity index (χ2n) is 5.76. The number of rotatable bonds is 8. The van der Waals surface area contributed by atoms with Crippen LogP contribution in [0.4, 0.5) is 11.5 Å². The van der Waals surface area contributed by atoms with Gasteiger partial charge in [-0.2, -0.15) is 0 Å². The highest BCUT2D eigenvalue weighted by Gasteiger charge is 2.18. The van der Waals surface area contributed by atoms with Gasteiger partial charge >= 0.3 is 0 Å². The highest BCUT2D eigenvalue weighted by molar-refractivity contribution is 6.33. The molecule has 0 atom stereocenters. The number of nitro groups is 1. The number of hydrogen-bond donors (Lipinski definition) is 1. The Hall–Kier alpha value is -1.36. The van der Waals surface area contributed by atoms with E-state index < -0.39 is 4.92 Å². The lowest BCUT2D eigenvalue weighted by Crippen LogP contribution is -2.23. The number of halogens is 1. The van der Waals surface area contributed by atoms with Gasteiger partial charge in [0.1, 0.15) is 12.0 Å². The molecule has 0 fully saturated rings. The maximum atomic E-state index is 10.6. The van der Waals surface area contributed by atoms with Crippen LogP contribution in [-0.4, -0.2) is 16.5 Å². The van der Waals surface area contributed by atoms with E-state index in [0.29, 0.717) is 5.82 Å². The summed E-state index contributed by atoms with van der Waals surface area (Å²) in [6, 6.07) is 1.32. The van der Waals surface area contributed by atoms with E-state index in [2.05, 4.69) is 31.1 Å². The summed E-state index contributed by atoms with van der Waals surface area (Å²) in [4.78, 5) is 14.1. The molecular weight excluding hydrogens is 278 g/mol. The first-order valence-corrected chi connectivity index (χ1v) is 7.27. The first kappa shape index (κ1) is 16.7. The predicted molar refractivity (Wildman–Crippen MR) is 82.3 cm³/mol. The lowest BCUT2D eigenvalue weighted by molar-refractivity contribution is -0.385. The van der Waals surface area contributed by atoms with Gasteiger partial charge in [-0.3, -0.25) is 10.1 Å². The quantitative estimate of drug-likeness (QED) is 0.430. The molecule has 0 aromatic carbocycles. The van der Waals surface area contributed by atoms with Crippen LogP contribution in [0, 0.1) is 15.5 Å². The fourth-order valence-electron chi connectivity index (χ4n) is 1.92. The summed E-state index contributed by atoms with van der Waals surface area (Å²) in [6.07, 6.45) is 5.99. The summed E-state index contributed by atoms with van der Waals surface area (Å²) < 4.78 is 0. The van der Waals surface area contributed by atoms with Crippen LogP contribution in [0.2, 0.25) is 5.02 Å². The zero-order valence-corrected chi connectivity index (χ0v) is 13.0. The molecule has 0 radical (unpaired) electrons. The average molecular weight is 300 g/mol. The maximum Gasteiger partial charge on any atom is 0.289 e. The number of hydrogen-bond acceptors (Lipinski definition) is 4. The topological polar surface area (TPSA) is 68.1 Å². The molecule has 1 heterocycles. The van der Waals surface area contributed by atoms with E-state index in [-0.39, 0.29) is 16.1 Å². The van der Waals surface area contributed by atoms with Gasteiger partial charge in [0.05, 0.1) is 9.95 Å². The van der Waals surface area contributed by atoms with Crippen LogP contribution in [-0.2, 0) is 0 Å². The van der Waals surface area contributed by atoms with Crippen molar-refractivity contribution in [1.82, 2.24) is 4.98 Å². The molecule has 5 nitrogen and oxygen atoms in total.